The molecular formula is C9H8ClNO3. The van der Waals surface area contributed by atoms with Gasteiger partial charge in [-0.1, -0.05) is 18.2 Å². The lowest BCUT2D eigenvalue weighted by molar-refractivity contribution is -0.117. The Bertz CT molecular complexity index is 326. The quantitative estimate of drug-likeness (QED) is 0.759. The molecule has 0 unspecified atom stereocenters. The molecule has 0 radical (unpaired) electrons. The summed E-state index contributed by atoms with van der Waals surface area (Å²) in [6.45, 7) is 0. The highest BCUT2D eigenvalue weighted by atomic mass is 35.5. The number of carbonyl (C=O) groups excluding carboxylic acids is 2. The summed E-state index contributed by atoms with van der Waals surface area (Å²) in [7, 11) is 0. The Balaban J connectivity index is 2.46. The van der Waals surface area contributed by atoms with Gasteiger partial charge in [0.05, 0.1) is 0 Å². The molecule has 2 amide bonds. The zero-order valence-electron chi connectivity index (χ0n) is 7.20. The first-order valence-corrected chi connectivity index (χ1v) is 4.38. The zero-order valence-corrected chi connectivity index (χ0v) is 7.95. The summed E-state index contributed by atoms with van der Waals surface area (Å²) in [6.07, 6.45) is -0.832. The second-order valence-electron chi connectivity index (χ2n) is 2.38. The van der Waals surface area contributed by atoms with E-state index < -0.39 is 12.0 Å². The zero-order chi connectivity index (χ0) is 10.4. The lowest BCUT2D eigenvalue weighted by atomic mass is 10.3. The molecule has 0 atom stereocenters. The van der Waals surface area contributed by atoms with Crippen LogP contribution in [0.1, 0.15) is 0 Å². The fraction of sp³-hybridized carbons (Fsp3) is 0.111. The third-order valence-electron chi connectivity index (χ3n) is 1.32. The predicted octanol–water partition coefficient (Wildman–Crippen LogP) is 1.54. The van der Waals surface area contributed by atoms with Gasteiger partial charge in [0.2, 0.25) is 5.91 Å². The molecule has 0 aromatic heterocycles. The lowest BCUT2D eigenvalue weighted by Crippen LogP contribution is -2.33. The molecule has 74 valence electrons. The molecule has 1 aromatic rings. The van der Waals surface area contributed by atoms with Crippen molar-refractivity contribution in [3.8, 4) is 5.75 Å². The van der Waals surface area contributed by atoms with Crippen molar-refractivity contribution in [3.63, 3.8) is 0 Å². The number of benzene rings is 1. The van der Waals surface area contributed by atoms with Crippen LogP contribution in [0.2, 0.25) is 0 Å². The minimum Gasteiger partial charge on any atom is -0.410 e. The monoisotopic (exact) mass is 213 g/mol. The van der Waals surface area contributed by atoms with Crippen LogP contribution in [-0.2, 0) is 4.79 Å². The fourth-order valence-corrected chi connectivity index (χ4v) is 0.835. The van der Waals surface area contributed by atoms with E-state index in [0.29, 0.717) is 5.75 Å². The number of hydrogen-bond acceptors (Lipinski definition) is 3. The summed E-state index contributed by atoms with van der Waals surface area (Å²) < 4.78 is 4.76. The van der Waals surface area contributed by atoms with Crippen molar-refractivity contribution in [2.75, 3.05) is 5.88 Å². The van der Waals surface area contributed by atoms with Gasteiger partial charge in [0, 0.05) is 0 Å². The van der Waals surface area contributed by atoms with Gasteiger partial charge < -0.3 is 4.74 Å². The maximum Gasteiger partial charge on any atom is 0.419 e. The van der Waals surface area contributed by atoms with Gasteiger partial charge in [-0.05, 0) is 12.1 Å². The van der Waals surface area contributed by atoms with Crippen LogP contribution in [0.3, 0.4) is 0 Å². The Hall–Kier alpha value is -1.55. The van der Waals surface area contributed by atoms with Crippen molar-refractivity contribution in [1.82, 2.24) is 5.32 Å². The summed E-state index contributed by atoms with van der Waals surface area (Å²) in [5, 5.41) is 1.95. The fourth-order valence-electron chi connectivity index (χ4n) is 0.768. The Morgan fingerprint density at radius 2 is 1.93 bits per heavy atom. The van der Waals surface area contributed by atoms with E-state index >= 15 is 0 Å². The molecule has 0 spiro atoms. The number of para-hydroxylation sites is 1. The maximum absolute atomic E-state index is 11.0. The Morgan fingerprint density at radius 1 is 1.29 bits per heavy atom. The van der Waals surface area contributed by atoms with Gasteiger partial charge in [-0.25, -0.2) is 4.79 Å². The topological polar surface area (TPSA) is 55.4 Å². The molecule has 0 bridgehead atoms. The van der Waals surface area contributed by atoms with Crippen LogP contribution >= 0.6 is 11.6 Å². The standard InChI is InChI=1S/C9H8ClNO3/c10-6-8(12)11-9(13)14-7-4-2-1-3-5-7/h1-5H,6H2,(H,11,12,13). The third kappa shape index (κ3) is 3.45. The van der Waals surface area contributed by atoms with Crippen LogP contribution in [-0.4, -0.2) is 17.9 Å². The molecule has 1 N–H and O–H groups in total. The van der Waals surface area contributed by atoms with Gasteiger partial charge in [-0.15, -0.1) is 11.6 Å². The average molecular weight is 214 g/mol. The van der Waals surface area contributed by atoms with Gasteiger partial charge >= 0.3 is 6.09 Å². The number of halogens is 1. The van der Waals surface area contributed by atoms with Gasteiger partial charge in [0.1, 0.15) is 11.6 Å². The molecule has 0 aliphatic rings. The van der Waals surface area contributed by atoms with E-state index in [1.54, 1.807) is 30.3 Å². The summed E-state index contributed by atoms with van der Waals surface area (Å²) >= 11 is 5.18. The molecule has 5 heteroatoms. The third-order valence-corrected chi connectivity index (χ3v) is 1.56. The highest BCUT2D eigenvalue weighted by Gasteiger charge is 2.07. The molecule has 0 fully saturated rings. The van der Waals surface area contributed by atoms with Gasteiger partial charge in [-0.3, -0.25) is 10.1 Å². The molecule has 14 heavy (non-hydrogen) atoms. The van der Waals surface area contributed by atoms with Gasteiger partial charge in [-0.2, -0.15) is 0 Å². The molecule has 0 aliphatic heterocycles. The minimum atomic E-state index is -0.832. The first-order chi connectivity index (χ1) is 6.72. The highest BCUT2D eigenvalue weighted by Crippen LogP contribution is 2.07. The number of nitrogens with one attached hydrogen (secondary N) is 1. The summed E-state index contributed by atoms with van der Waals surface area (Å²) in [5.41, 5.74) is 0. The van der Waals surface area contributed by atoms with E-state index in [0.717, 1.165) is 0 Å². The molecule has 4 nitrogen and oxygen atoms in total. The summed E-state index contributed by atoms with van der Waals surface area (Å²) in [5.74, 6) is -0.496. The number of carbonyl (C=O) groups is 2. The number of hydrogen-bond donors (Lipinski definition) is 1. The highest BCUT2D eigenvalue weighted by molar-refractivity contribution is 6.28. The largest absolute Gasteiger partial charge is 0.419 e. The molecule has 1 aromatic carbocycles. The molecular weight excluding hydrogens is 206 g/mol. The van der Waals surface area contributed by atoms with Crippen LogP contribution in [0.25, 0.3) is 0 Å². The summed E-state index contributed by atoms with van der Waals surface area (Å²) in [4.78, 5) is 21.6. The minimum absolute atomic E-state index is 0.274. The van der Waals surface area contributed by atoms with Crippen molar-refractivity contribution in [1.29, 1.82) is 0 Å². The Kier molecular flexibility index (Phi) is 3.94. The van der Waals surface area contributed by atoms with E-state index in [9.17, 15) is 9.59 Å². The number of amides is 2. The SMILES string of the molecule is O=C(CCl)NC(=O)Oc1ccccc1. The number of ether oxygens (including phenoxy) is 1. The van der Waals surface area contributed by atoms with Crippen LogP contribution in [0.5, 0.6) is 5.75 Å². The second-order valence-corrected chi connectivity index (χ2v) is 2.65. The van der Waals surface area contributed by atoms with Crippen molar-refractivity contribution < 1.29 is 14.3 Å². The van der Waals surface area contributed by atoms with Crippen molar-refractivity contribution >= 4 is 23.6 Å². The number of rotatable bonds is 2. The molecule has 0 aliphatic carbocycles. The van der Waals surface area contributed by atoms with E-state index in [4.69, 9.17) is 16.3 Å². The van der Waals surface area contributed by atoms with E-state index in [1.807, 2.05) is 5.32 Å². The average Bonchev–Trinajstić information content (AvgIpc) is 2.19. The lowest BCUT2D eigenvalue weighted by Gasteiger charge is -2.03. The maximum atomic E-state index is 11.0. The predicted molar refractivity (Wildman–Crippen MR) is 51.3 cm³/mol. The first kappa shape index (κ1) is 10.5. The normalized spacial score (nSPS) is 9.21. The second kappa shape index (κ2) is 5.24. The van der Waals surface area contributed by atoms with Gasteiger partial charge in [0.15, 0.2) is 0 Å². The van der Waals surface area contributed by atoms with Crippen LogP contribution < -0.4 is 10.1 Å². The Labute approximate surface area is 85.8 Å². The number of imide groups is 1. The van der Waals surface area contributed by atoms with Crippen LogP contribution in [0, 0.1) is 0 Å². The van der Waals surface area contributed by atoms with E-state index in [2.05, 4.69) is 0 Å². The van der Waals surface area contributed by atoms with Crippen LogP contribution in [0.4, 0.5) is 4.79 Å². The first-order valence-electron chi connectivity index (χ1n) is 3.85. The van der Waals surface area contributed by atoms with Crippen molar-refractivity contribution in [2.24, 2.45) is 0 Å². The van der Waals surface area contributed by atoms with Gasteiger partial charge in [0.25, 0.3) is 0 Å². The van der Waals surface area contributed by atoms with Crippen LogP contribution in [0.15, 0.2) is 30.3 Å². The summed E-state index contributed by atoms with van der Waals surface area (Å²) in [6, 6.07) is 8.42. The molecule has 0 heterocycles. The molecule has 0 saturated heterocycles. The Morgan fingerprint density at radius 3 is 2.50 bits per heavy atom. The molecule has 0 saturated carbocycles. The van der Waals surface area contributed by atoms with Crippen molar-refractivity contribution in [3.05, 3.63) is 30.3 Å². The number of alkyl halides is 1. The van der Waals surface area contributed by atoms with Crippen molar-refractivity contribution in [2.45, 2.75) is 0 Å². The smallest absolute Gasteiger partial charge is 0.410 e. The van der Waals surface area contributed by atoms with E-state index in [-0.39, 0.29) is 5.88 Å². The molecule has 1 rings (SSSR count). The van der Waals surface area contributed by atoms with E-state index in [1.165, 1.54) is 0 Å².